The van der Waals surface area contributed by atoms with Gasteiger partial charge in [-0.05, 0) is 31.2 Å². The Hall–Kier alpha value is -1.47. The molecule has 0 saturated carbocycles. The highest BCUT2D eigenvalue weighted by molar-refractivity contribution is 9.10. The van der Waals surface area contributed by atoms with Gasteiger partial charge in [0.25, 0.3) is 0 Å². The van der Waals surface area contributed by atoms with Gasteiger partial charge in [0, 0.05) is 17.4 Å². The quantitative estimate of drug-likeness (QED) is 0.459. The number of thioether (sulfide) groups is 1. The number of nitrogens with one attached hydrogen (secondary N) is 2. The molecule has 0 bridgehead atoms. The number of benzene rings is 1. The zero-order valence-electron chi connectivity index (χ0n) is 14.2. The van der Waals surface area contributed by atoms with Crippen molar-refractivity contribution < 1.29 is 18.0 Å². The second-order valence-electron chi connectivity index (χ2n) is 5.30. The van der Waals surface area contributed by atoms with E-state index in [0.29, 0.717) is 10.8 Å². The molecule has 0 aliphatic rings. The number of carbonyl (C=O) groups excluding carboxylic acids is 2. The lowest BCUT2D eigenvalue weighted by Gasteiger charge is -2.06. The van der Waals surface area contributed by atoms with Crippen LogP contribution in [0.2, 0.25) is 0 Å². The maximum atomic E-state index is 12.1. The second-order valence-corrected chi connectivity index (χ2v) is 10.2. The van der Waals surface area contributed by atoms with Crippen LogP contribution in [0.3, 0.4) is 0 Å². The van der Waals surface area contributed by atoms with Crippen molar-refractivity contribution in [2.75, 3.05) is 17.6 Å². The molecule has 0 atom stereocenters. The number of hydrogen-bond acceptors (Lipinski definition) is 7. The van der Waals surface area contributed by atoms with Crippen LogP contribution in [-0.2, 0) is 19.6 Å². The van der Waals surface area contributed by atoms with Crippen LogP contribution in [0.4, 0.5) is 5.13 Å². The summed E-state index contributed by atoms with van der Waals surface area (Å²) in [6.07, 6.45) is -0.0435. The molecule has 0 unspecified atom stereocenters. The standard InChI is InChI=1S/C15H17BrN4O4S3/c1-9-14(25-8-12(17)21)26-15(19-9)20-13(22)6-7-18-27(23,24)11-4-2-10(16)3-5-11/h2-5,18H,6-8H2,1H3,(H2,17,21)(H,19,20,22). The number of primary amides is 1. The highest BCUT2D eigenvalue weighted by Crippen LogP contribution is 2.31. The number of thiazole rings is 1. The molecule has 1 heterocycles. The summed E-state index contributed by atoms with van der Waals surface area (Å²) in [6, 6.07) is 6.19. The molecule has 1 aromatic heterocycles. The molecule has 1 aromatic carbocycles. The number of hydrogen-bond donors (Lipinski definition) is 3. The lowest BCUT2D eigenvalue weighted by molar-refractivity contribution is -0.116. The Balaban J connectivity index is 1.85. The van der Waals surface area contributed by atoms with E-state index in [2.05, 4.69) is 31.0 Å². The molecule has 2 amide bonds. The lowest BCUT2D eigenvalue weighted by Crippen LogP contribution is -2.27. The van der Waals surface area contributed by atoms with Crippen LogP contribution in [0.25, 0.3) is 0 Å². The molecule has 0 spiro atoms. The van der Waals surface area contributed by atoms with E-state index >= 15 is 0 Å². The highest BCUT2D eigenvalue weighted by Gasteiger charge is 2.15. The van der Waals surface area contributed by atoms with E-state index in [4.69, 9.17) is 5.73 Å². The maximum Gasteiger partial charge on any atom is 0.240 e. The van der Waals surface area contributed by atoms with Crippen LogP contribution in [0, 0.1) is 6.92 Å². The molecular formula is C15H17BrN4O4S3. The van der Waals surface area contributed by atoms with Crippen molar-refractivity contribution in [1.82, 2.24) is 9.71 Å². The summed E-state index contributed by atoms with van der Waals surface area (Å²) in [4.78, 5) is 27.2. The summed E-state index contributed by atoms with van der Waals surface area (Å²) < 4.78 is 28.2. The van der Waals surface area contributed by atoms with Gasteiger partial charge in [0.2, 0.25) is 21.8 Å². The van der Waals surface area contributed by atoms with E-state index in [0.717, 1.165) is 8.68 Å². The zero-order chi connectivity index (χ0) is 20.0. The van der Waals surface area contributed by atoms with Crippen molar-refractivity contribution in [3.05, 3.63) is 34.4 Å². The molecule has 146 valence electrons. The third-order valence-electron chi connectivity index (χ3n) is 3.11. The fourth-order valence-electron chi connectivity index (χ4n) is 1.88. The van der Waals surface area contributed by atoms with Crippen molar-refractivity contribution in [3.8, 4) is 0 Å². The molecular weight excluding hydrogens is 476 g/mol. The number of nitrogens with two attached hydrogens (primary N) is 1. The molecule has 0 fully saturated rings. The topological polar surface area (TPSA) is 131 Å². The minimum atomic E-state index is -3.67. The van der Waals surface area contributed by atoms with Crippen LogP contribution in [0.5, 0.6) is 0 Å². The van der Waals surface area contributed by atoms with Crippen LogP contribution in [-0.4, -0.2) is 37.5 Å². The van der Waals surface area contributed by atoms with E-state index in [-0.39, 0.29) is 29.5 Å². The number of halogens is 1. The Kier molecular flexibility index (Phi) is 7.79. The molecule has 27 heavy (non-hydrogen) atoms. The zero-order valence-corrected chi connectivity index (χ0v) is 18.2. The molecule has 4 N–H and O–H groups in total. The summed E-state index contributed by atoms with van der Waals surface area (Å²) in [5.41, 5.74) is 5.81. The summed E-state index contributed by atoms with van der Waals surface area (Å²) in [5.74, 6) is -0.668. The number of anilines is 1. The van der Waals surface area contributed by atoms with Gasteiger partial charge < -0.3 is 11.1 Å². The van der Waals surface area contributed by atoms with Gasteiger partial charge in [0.05, 0.1) is 20.6 Å². The third kappa shape index (κ3) is 6.88. The number of amides is 2. The Labute approximate surface area is 173 Å². The Morgan fingerprint density at radius 3 is 2.59 bits per heavy atom. The third-order valence-corrected chi connectivity index (χ3v) is 7.58. The number of aromatic nitrogens is 1. The van der Waals surface area contributed by atoms with Crippen LogP contribution < -0.4 is 15.8 Å². The van der Waals surface area contributed by atoms with Crippen LogP contribution in [0.1, 0.15) is 12.1 Å². The van der Waals surface area contributed by atoms with E-state index < -0.39 is 15.9 Å². The maximum absolute atomic E-state index is 12.1. The minimum absolute atomic E-state index is 0.0435. The van der Waals surface area contributed by atoms with Crippen molar-refractivity contribution in [2.45, 2.75) is 22.4 Å². The first-order valence-corrected chi connectivity index (χ1v) is 11.7. The van der Waals surface area contributed by atoms with Gasteiger partial charge in [-0.2, -0.15) is 0 Å². The summed E-state index contributed by atoms with van der Waals surface area (Å²) >= 11 is 5.74. The van der Waals surface area contributed by atoms with Crippen LogP contribution in [0.15, 0.2) is 37.8 Å². The minimum Gasteiger partial charge on any atom is -0.369 e. The largest absolute Gasteiger partial charge is 0.369 e. The summed E-state index contributed by atoms with van der Waals surface area (Å²) in [6.45, 7) is 1.72. The fourth-order valence-corrected chi connectivity index (χ4v) is 5.07. The molecule has 12 heteroatoms. The molecule has 0 saturated heterocycles. The van der Waals surface area contributed by atoms with Crippen LogP contribution >= 0.6 is 39.0 Å². The van der Waals surface area contributed by atoms with Gasteiger partial charge in [-0.3, -0.25) is 9.59 Å². The summed E-state index contributed by atoms with van der Waals surface area (Å²) in [7, 11) is -3.67. The average molecular weight is 493 g/mol. The first kappa shape index (κ1) is 21.8. The summed E-state index contributed by atoms with van der Waals surface area (Å²) in [5, 5.41) is 3.01. The predicted octanol–water partition coefficient (Wildman–Crippen LogP) is 2.10. The van der Waals surface area contributed by atoms with E-state index in [1.807, 2.05) is 0 Å². The van der Waals surface area contributed by atoms with E-state index in [1.54, 1.807) is 19.1 Å². The fraction of sp³-hybridized carbons (Fsp3) is 0.267. The van der Waals surface area contributed by atoms with E-state index in [1.165, 1.54) is 35.2 Å². The van der Waals surface area contributed by atoms with Gasteiger partial charge in [-0.15, -0.1) is 11.8 Å². The van der Waals surface area contributed by atoms with Crippen molar-refractivity contribution in [3.63, 3.8) is 0 Å². The van der Waals surface area contributed by atoms with Gasteiger partial charge >= 0.3 is 0 Å². The lowest BCUT2D eigenvalue weighted by atomic mass is 10.4. The smallest absolute Gasteiger partial charge is 0.240 e. The molecule has 2 aromatic rings. The van der Waals surface area contributed by atoms with E-state index in [9.17, 15) is 18.0 Å². The number of aryl methyl sites for hydroxylation is 1. The number of nitrogens with zero attached hydrogens (tertiary/aromatic N) is 1. The number of sulfonamides is 1. The first-order valence-electron chi connectivity index (χ1n) is 7.61. The normalized spacial score (nSPS) is 11.3. The van der Waals surface area contributed by atoms with Gasteiger partial charge in [0.15, 0.2) is 5.13 Å². The highest BCUT2D eigenvalue weighted by atomic mass is 79.9. The Morgan fingerprint density at radius 2 is 1.96 bits per heavy atom. The first-order chi connectivity index (χ1) is 12.7. The average Bonchev–Trinajstić information content (AvgIpc) is 2.92. The SMILES string of the molecule is Cc1nc(NC(=O)CCNS(=O)(=O)c2ccc(Br)cc2)sc1SCC(N)=O. The molecule has 2 rings (SSSR count). The van der Waals surface area contributed by atoms with Crippen molar-refractivity contribution in [1.29, 1.82) is 0 Å². The van der Waals surface area contributed by atoms with Crippen molar-refractivity contribution in [2.24, 2.45) is 5.73 Å². The molecule has 8 nitrogen and oxygen atoms in total. The Bertz CT molecular complexity index is 929. The predicted molar refractivity (Wildman–Crippen MR) is 109 cm³/mol. The van der Waals surface area contributed by atoms with Gasteiger partial charge in [-0.1, -0.05) is 27.3 Å². The molecule has 0 radical (unpaired) electrons. The van der Waals surface area contributed by atoms with Crippen molar-refractivity contribution >= 4 is 66.0 Å². The molecule has 0 aliphatic carbocycles. The number of rotatable bonds is 9. The number of carbonyl (C=O) groups is 2. The van der Waals surface area contributed by atoms with Gasteiger partial charge in [0.1, 0.15) is 0 Å². The second kappa shape index (κ2) is 9.64. The monoisotopic (exact) mass is 492 g/mol. The molecule has 0 aliphatic heterocycles. The van der Waals surface area contributed by atoms with Gasteiger partial charge in [-0.25, -0.2) is 18.1 Å². The Morgan fingerprint density at radius 1 is 1.30 bits per heavy atom.